The minimum Gasteiger partial charge on any atom is -0.373 e. The van der Waals surface area contributed by atoms with Gasteiger partial charge >= 0.3 is 12.4 Å². The first-order chi connectivity index (χ1) is 13.1. The Morgan fingerprint density at radius 2 is 1.50 bits per heavy atom. The molecule has 0 aromatic heterocycles. The summed E-state index contributed by atoms with van der Waals surface area (Å²) in [7, 11) is 0. The molecule has 1 fully saturated rings. The van der Waals surface area contributed by atoms with Gasteiger partial charge in [0.25, 0.3) is 0 Å². The van der Waals surface area contributed by atoms with E-state index in [4.69, 9.17) is 4.74 Å². The second-order valence-electron chi connectivity index (χ2n) is 6.77. The van der Waals surface area contributed by atoms with E-state index in [2.05, 4.69) is 5.32 Å². The highest BCUT2D eigenvalue weighted by Gasteiger charge is 2.37. The van der Waals surface area contributed by atoms with Crippen LogP contribution in [-0.2, 0) is 23.7 Å². The van der Waals surface area contributed by atoms with Crippen molar-refractivity contribution in [3.05, 3.63) is 70.8 Å². The first-order valence-electron chi connectivity index (χ1n) is 8.80. The molecule has 0 radical (unpaired) electrons. The van der Waals surface area contributed by atoms with Crippen molar-refractivity contribution in [3.63, 3.8) is 0 Å². The van der Waals surface area contributed by atoms with E-state index in [1.165, 1.54) is 0 Å². The first kappa shape index (κ1) is 20.7. The summed E-state index contributed by atoms with van der Waals surface area (Å²) in [5.74, 6) is -0.0252. The average Bonchev–Trinajstić information content (AvgIpc) is 2.66. The van der Waals surface area contributed by atoms with Crippen LogP contribution in [-0.4, -0.2) is 19.2 Å². The van der Waals surface area contributed by atoms with Crippen LogP contribution in [0, 0.1) is 0 Å². The van der Waals surface area contributed by atoms with Crippen molar-refractivity contribution in [3.8, 4) is 0 Å². The molecule has 8 heteroatoms. The average molecular weight is 403 g/mol. The Labute approximate surface area is 158 Å². The van der Waals surface area contributed by atoms with Crippen LogP contribution in [0.2, 0.25) is 0 Å². The summed E-state index contributed by atoms with van der Waals surface area (Å²) in [4.78, 5) is 0. The highest BCUT2D eigenvalue weighted by atomic mass is 19.4. The smallest absolute Gasteiger partial charge is 0.373 e. The molecule has 1 aliphatic rings. The van der Waals surface area contributed by atoms with Crippen LogP contribution < -0.4 is 5.32 Å². The number of nitrogens with one attached hydrogen (secondary N) is 1. The van der Waals surface area contributed by atoms with Gasteiger partial charge in [-0.05, 0) is 42.3 Å². The summed E-state index contributed by atoms with van der Waals surface area (Å²) in [5, 5.41) is 3.24. The fourth-order valence-corrected chi connectivity index (χ4v) is 3.37. The van der Waals surface area contributed by atoms with E-state index in [0.717, 1.165) is 5.56 Å². The molecule has 2 aromatic carbocycles. The summed E-state index contributed by atoms with van der Waals surface area (Å²) in [6.07, 6.45) is -9.41. The molecule has 152 valence electrons. The molecule has 0 aliphatic carbocycles. The number of rotatable bonds is 4. The van der Waals surface area contributed by atoms with Crippen molar-refractivity contribution in [1.82, 2.24) is 5.32 Å². The summed E-state index contributed by atoms with van der Waals surface area (Å²) in [6, 6.07) is 11.0. The molecule has 2 atom stereocenters. The van der Waals surface area contributed by atoms with Gasteiger partial charge in [-0.2, -0.15) is 26.3 Å². The fraction of sp³-hybridized carbons (Fsp3) is 0.400. The fourth-order valence-electron chi connectivity index (χ4n) is 3.37. The van der Waals surface area contributed by atoms with Crippen molar-refractivity contribution in [1.29, 1.82) is 0 Å². The zero-order valence-corrected chi connectivity index (χ0v) is 14.8. The Bertz CT molecular complexity index is 755. The molecule has 2 aromatic rings. The van der Waals surface area contributed by atoms with Crippen LogP contribution in [0.15, 0.2) is 48.5 Å². The molecule has 2 nitrogen and oxygen atoms in total. The molecule has 2 unspecified atom stereocenters. The molecule has 0 spiro atoms. The van der Waals surface area contributed by atoms with E-state index in [1.807, 2.05) is 30.3 Å². The first-order valence-corrected chi connectivity index (χ1v) is 8.80. The maximum Gasteiger partial charge on any atom is 0.416 e. The van der Waals surface area contributed by atoms with Crippen LogP contribution >= 0.6 is 0 Å². The van der Waals surface area contributed by atoms with Gasteiger partial charge < -0.3 is 10.1 Å². The summed E-state index contributed by atoms with van der Waals surface area (Å²) >= 11 is 0. The summed E-state index contributed by atoms with van der Waals surface area (Å²) in [5.41, 5.74) is -1.79. The quantitative estimate of drug-likeness (QED) is 0.692. The molecule has 1 saturated heterocycles. The molecular weight excluding hydrogens is 384 g/mol. The van der Waals surface area contributed by atoms with E-state index in [1.54, 1.807) is 0 Å². The minimum atomic E-state index is -4.86. The normalized spacial score (nSPS) is 20.9. The molecule has 0 amide bonds. The minimum absolute atomic E-state index is 0.0252. The predicted octanol–water partition coefficient (Wildman–Crippen LogP) is 5.39. The lowest BCUT2D eigenvalue weighted by Gasteiger charge is -2.32. The van der Waals surface area contributed by atoms with Crippen molar-refractivity contribution in [2.45, 2.75) is 37.4 Å². The molecule has 1 N–H and O–H groups in total. The van der Waals surface area contributed by atoms with E-state index in [0.29, 0.717) is 31.6 Å². The number of hydrogen-bond donors (Lipinski definition) is 1. The van der Waals surface area contributed by atoms with Gasteiger partial charge in [0.1, 0.15) is 0 Å². The van der Waals surface area contributed by atoms with Crippen LogP contribution in [0.1, 0.15) is 34.6 Å². The van der Waals surface area contributed by atoms with E-state index < -0.39 is 23.5 Å². The van der Waals surface area contributed by atoms with Gasteiger partial charge in [-0.3, -0.25) is 0 Å². The lowest BCUT2D eigenvalue weighted by Crippen LogP contribution is -2.39. The summed E-state index contributed by atoms with van der Waals surface area (Å²) in [6.45, 7) is 0.983. The molecule has 3 rings (SSSR count). The Hall–Kier alpha value is -2.06. The van der Waals surface area contributed by atoms with Crippen LogP contribution in [0.5, 0.6) is 0 Å². The lowest BCUT2D eigenvalue weighted by atomic mass is 9.89. The van der Waals surface area contributed by atoms with Gasteiger partial charge in [-0.1, -0.05) is 30.3 Å². The Morgan fingerprint density at radius 1 is 0.893 bits per heavy atom. The highest BCUT2D eigenvalue weighted by molar-refractivity contribution is 5.33. The number of ether oxygens (including phenoxy) is 1. The van der Waals surface area contributed by atoms with Gasteiger partial charge in [0, 0.05) is 12.5 Å². The Morgan fingerprint density at radius 3 is 2.07 bits per heavy atom. The van der Waals surface area contributed by atoms with Crippen molar-refractivity contribution >= 4 is 0 Å². The molecule has 0 bridgehead atoms. The second-order valence-corrected chi connectivity index (χ2v) is 6.77. The van der Waals surface area contributed by atoms with E-state index >= 15 is 0 Å². The van der Waals surface area contributed by atoms with Gasteiger partial charge in [0.2, 0.25) is 0 Å². The van der Waals surface area contributed by atoms with Crippen molar-refractivity contribution in [2.75, 3.05) is 13.1 Å². The lowest BCUT2D eigenvalue weighted by molar-refractivity contribution is -0.143. The van der Waals surface area contributed by atoms with E-state index in [9.17, 15) is 26.3 Å². The molecule has 1 aliphatic heterocycles. The molecule has 1 heterocycles. The number of hydrogen-bond acceptors (Lipinski definition) is 2. The van der Waals surface area contributed by atoms with Gasteiger partial charge in [0.15, 0.2) is 0 Å². The van der Waals surface area contributed by atoms with Crippen molar-refractivity contribution < 1.29 is 31.1 Å². The van der Waals surface area contributed by atoms with E-state index in [-0.39, 0.29) is 30.3 Å². The van der Waals surface area contributed by atoms with Crippen LogP contribution in [0.4, 0.5) is 26.3 Å². The third kappa shape index (κ3) is 5.05. The monoisotopic (exact) mass is 403 g/mol. The zero-order chi connectivity index (χ0) is 20.4. The summed E-state index contributed by atoms with van der Waals surface area (Å²) < 4.78 is 83.8. The largest absolute Gasteiger partial charge is 0.416 e. The SMILES string of the molecule is FC(F)(F)c1cc(COC2CCNCC2c2ccccc2)cc(C(F)(F)F)c1. The highest BCUT2D eigenvalue weighted by Crippen LogP contribution is 2.37. The third-order valence-electron chi connectivity index (χ3n) is 4.76. The number of alkyl halides is 6. The van der Waals surface area contributed by atoms with Crippen LogP contribution in [0.25, 0.3) is 0 Å². The Kier molecular flexibility index (Phi) is 6.00. The Balaban J connectivity index is 1.81. The standard InChI is InChI=1S/C20H19F6NO/c21-19(22,23)15-8-13(9-16(10-15)20(24,25)26)12-28-18-6-7-27-11-17(18)14-4-2-1-3-5-14/h1-5,8-10,17-18,27H,6-7,11-12H2. The maximum absolute atomic E-state index is 13.0. The predicted molar refractivity (Wildman–Crippen MR) is 91.7 cm³/mol. The van der Waals surface area contributed by atoms with Crippen molar-refractivity contribution in [2.24, 2.45) is 0 Å². The maximum atomic E-state index is 13.0. The van der Waals surface area contributed by atoms with Gasteiger partial charge in [-0.15, -0.1) is 0 Å². The molecule has 0 saturated carbocycles. The number of piperidine rings is 1. The topological polar surface area (TPSA) is 21.3 Å². The van der Waals surface area contributed by atoms with Gasteiger partial charge in [0.05, 0.1) is 23.8 Å². The van der Waals surface area contributed by atoms with Gasteiger partial charge in [-0.25, -0.2) is 0 Å². The zero-order valence-electron chi connectivity index (χ0n) is 14.8. The number of halogens is 6. The van der Waals surface area contributed by atoms with Crippen LogP contribution in [0.3, 0.4) is 0 Å². The third-order valence-corrected chi connectivity index (χ3v) is 4.76. The number of benzene rings is 2. The second kappa shape index (κ2) is 8.13. The molecule has 28 heavy (non-hydrogen) atoms. The molecular formula is C20H19F6NO.